The number of nitrogens with two attached hydrogens (primary N) is 1. The van der Waals surface area contributed by atoms with Crippen molar-refractivity contribution in [3.8, 4) is 0 Å². The third-order valence-corrected chi connectivity index (χ3v) is 3.36. The summed E-state index contributed by atoms with van der Waals surface area (Å²) >= 11 is 0. The van der Waals surface area contributed by atoms with Gasteiger partial charge in [0.25, 0.3) is 0 Å². The molecule has 3 N–H and O–H groups in total. The standard InChI is InChI=1S/C14H19FN2O2/c1-2-19-11-5-9(6-11)7-14(18)17-13-4-3-10(15)8-12(13)16/h3-4,8-9,11H,2,5-7,16H2,1H3,(H,17,18). The Kier molecular flexibility index (Phi) is 4.37. The third-order valence-electron chi connectivity index (χ3n) is 3.36. The number of hydrogen-bond acceptors (Lipinski definition) is 3. The summed E-state index contributed by atoms with van der Waals surface area (Å²) in [5.74, 6) is -0.120. The van der Waals surface area contributed by atoms with E-state index in [-0.39, 0.29) is 11.6 Å². The van der Waals surface area contributed by atoms with Crippen LogP contribution >= 0.6 is 0 Å². The van der Waals surface area contributed by atoms with Crippen LogP contribution in [0.2, 0.25) is 0 Å². The first-order chi connectivity index (χ1) is 9.08. The highest BCUT2D eigenvalue weighted by Crippen LogP contribution is 2.33. The lowest BCUT2D eigenvalue weighted by Crippen LogP contribution is -2.33. The van der Waals surface area contributed by atoms with E-state index >= 15 is 0 Å². The second-order valence-electron chi connectivity index (χ2n) is 4.90. The van der Waals surface area contributed by atoms with Crippen molar-refractivity contribution in [3.05, 3.63) is 24.0 Å². The normalized spacial score (nSPS) is 21.8. The Balaban J connectivity index is 1.79. The average Bonchev–Trinajstić information content (AvgIpc) is 2.30. The molecule has 104 valence electrons. The van der Waals surface area contributed by atoms with E-state index in [4.69, 9.17) is 10.5 Å². The van der Waals surface area contributed by atoms with Crippen molar-refractivity contribution >= 4 is 17.3 Å². The second kappa shape index (κ2) is 6.02. The monoisotopic (exact) mass is 266 g/mol. The van der Waals surface area contributed by atoms with Crippen LogP contribution in [0.4, 0.5) is 15.8 Å². The predicted octanol–water partition coefficient (Wildman–Crippen LogP) is 2.55. The smallest absolute Gasteiger partial charge is 0.224 e. The van der Waals surface area contributed by atoms with E-state index in [1.165, 1.54) is 18.2 Å². The Morgan fingerprint density at radius 1 is 1.53 bits per heavy atom. The Morgan fingerprint density at radius 2 is 2.26 bits per heavy atom. The first-order valence-electron chi connectivity index (χ1n) is 6.55. The highest BCUT2D eigenvalue weighted by Gasteiger charge is 2.31. The largest absolute Gasteiger partial charge is 0.397 e. The molecule has 0 radical (unpaired) electrons. The summed E-state index contributed by atoms with van der Waals surface area (Å²) in [4.78, 5) is 11.8. The first kappa shape index (κ1) is 13.8. The van der Waals surface area contributed by atoms with Crippen molar-refractivity contribution in [1.29, 1.82) is 0 Å². The van der Waals surface area contributed by atoms with Crippen molar-refractivity contribution in [2.24, 2.45) is 5.92 Å². The lowest BCUT2D eigenvalue weighted by Gasteiger charge is -2.34. The molecule has 0 bridgehead atoms. The topological polar surface area (TPSA) is 64.3 Å². The van der Waals surface area contributed by atoms with Crippen LogP contribution in [0.5, 0.6) is 0 Å². The van der Waals surface area contributed by atoms with Gasteiger partial charge in [-0.1, -0.05) is 0 Å². The van der Waals surface area contributed by atoms with Crippen LogP contribution in [0, 0.1) is 11.7 Å². The fraction of sp³-hybridized carbons (Fsp3) is 0.500. The summed E-state index contributed by atoms with van der Waals surface area (Å²) in [5, 5.41) is 2.71. The minimum absolute atomic E-state index is 0.0849. The summed E-state index contributed by atoms with van der Waals surface area (Å²) in [6, 6.07) is 3.96. The van der Waals surface area contributed by atoms with Crippen molar-refractivity contribution in [2.75, 3.05) is 17.7 Å². The minimum atomic E-state index is -0.408. The molecule has 2 rings (SSSR count). The molecule has 1 aromatic carbocycles. The Bertz CT molecular complexity index is 459. The average molecular weight is 266 g/mol. The molecule has 0 saturated heterocycles. The maximum Gasteiger partial charge on any atom is 0.224 e. The zero-order chi connectivity index (χ0) is 13.8. The fourth-order valence-electron chi connectivity index (χ4n) is 2.32. The number of carbonyl (C=O) groups excluding carboxylic acids is 1. The number of nitrogens with one attached hydrogen (secondary N) is 1. The molecule has 0 unspecified atom stereocenters. The molecule has 0 aromatic heterocycles. The van der Waals surface area contributed by atoms with Gasteiger partial charge in [0.05, 0.1) is 17.5 Å². The van der Waals surface area contributed by atoms with E-state index in [9.17, 15) is 9.18 Å². The highest BCUT2D eigenvalue weighted by atomic mass is 19.1. The van der Waals surface area contributed by atoms with Crippen LogP contribution in [0.1, 0.15) is 26.2 Å². The van der Waals surface area contributed by atoms with Crippen molar-refractivity contribution in [2.45, 2.75) is 32.3 Å². The van der Waals surface area contributed by atoms with Crippen LogP contribution in [0.15, 0.2) is 18.2 Å². The van der Waals surface area contributed by atoms with Gasteiger partial charge in [0.1, 0.15) is 5.82 Å². The molecule has 4 nitrogen and oxygen atoms in total. The van der Waals surface area contributed by atoms with Gasteiger partial charge in [0, 0.05) is 13.0 Å². The molecule has 5 heteroatoms. The van der Waals surface area contributed by atoms with E-state index in [0.717, 1.165) is 19.4 Å². The van der Waals surface area contributed by atoms with E-state index in [2.05, 4.69) is 5.32 Å². The van der Waals surface area contributed by atoms with Gasteiger partial charge in [-0.15, -0.1) is 0 Å². The zero-order valence-corrected chi connectivity index (χ0v) is 11.0. The molecule has 1 aliphatic carbocycles. The summed E-state index contributed by atoms with van der Waals surface area (Å²) in [7, 11) is 0. The number of carbonyl (C=O) groups is 1. The number of halogens is 1. The summed E-state index contributed by atoms with van der Waals surface area (Å²) < 4.78 is 18.3. The number of amides is 1. The number of rotatable bonds is 5. The van der Waals surface area contributed by atoms with Gasteiger partial charge < -0.3 is 15.8 Å². The molecule has 0 heterocycles. The van der Waals surface area contributed by atoms with Gasteiger partial charge in [-0.2, -0.15) is 0 Å². The first-order valence-corrected chi connectivity index (χ1v) is 6.55. The molecule has 1 aromatic rings. The zero-order valence-electron chi connectivity index (χ0n) is 11.0. The number of ether oxygens (including phenoxy) is 1. The van der Waals surface area contributed by atoms with Gasteiger partial charge in [-0.25, -0.2) is 4.39 Å². The van der Waals surface area contributed by atoms with E-state index < -0.39 is 5.82 Å². The van der Waals surface area contributed by atoms with Gasteiger partial charge in [-0.05, 0) is 43.9 Å². The maximum absolute atomic E-state index is 12.9. The second-order valence-corrected chi connectivity index (χ2v) is 4.90. The summed E-state index contributed by atoms with van der Waals surface area (Å²) in [6.45, 7) is 2.69. The molecule has 0 aliphatic heterocycles. The summed E-state index contributed by atoms with van der Waals surface area (Å²) in [6.07, 6.45) is 2.62. The molecular weight excluding hydrogens is 247 g/mol. The molecular formula is C14H19FN2O2. The van der Waals surface area contributed by atoms with Crippen molar-refractivity contribution in [1.82, 2.24) is 0 Å². The Hall–Kier alpha value is -1.62. The number of nitrogen functional groups attached to an aromatic ring is 1. The Labute approximate surface area is 112 Å². The third kappa shape index (κ3) is 3.67. The predicted molar refractivity (Wildman–Crippen MR) is 72.2 cm³/mol. The molecule has 19 heavy (non-hydrogen) atoms. The van der Waals surface area contributed by atoms with Gasteiger partial charge in [0.2, 0.25) is 5.91 Å². The van der Waals surface area contributed by atoms with Crippen molar-refractivity contribution in [3.63, 3.8) is 0 Å². The van der Waals surface area contributed by atoms with Crippen LogP contribution in [-0.2, 0) is 9.53 Å². The molecule has 0 spiro atoms. The van der Waals surface area contributed by atoms with E-state index in [1.807, 2.05) is 6.92 Å². The fourth-order valence-corrected chi connectivity index (χ4v) is 2.32. The van der Waals surface area contributed by atoms with Crippen LogP contribution in [-0.4, -0.2) is 18.6 Å². The summed E-state index contributed by atoms with van der Waals surface area (Å²) in [5.41, 5.74) is 6.34. The van der Waals surface area contributed by atoms with Crippen LogP contribution in [0.25, 0.3) is 0 Å². The molecule has 1 saturated carbocycles. The van der Waals surface area contributed by atoms with E-state index in [0.29, 0.717) is 24.1 Å². The molecule has 1 amide bonds. The lowest BCUT2D eigenvalue weighted by atomic mass is 9.80. The number of anilines is 2. The SMILES string of the molecule is CCOC1CC(CC(=O)Nc2ccc(F)cc2N)C1. The molecule has 0 atom stereocenters. The minimum Gasteiger partial charge on any atom is -0.397 e. The quantitative estimate of drug-likeness (QED) is 0.805. The lowest BCUT2D eigenvalue weighted by molar-refractivity contribution is -0.119. The van der Waals surface area contributed by atoms with Crippen molar-refractivity contribution < 1.29 is 13.9 Å². The number of hydrogen-bond donors (Lipinski definition) is 2. The van der Waals surface area contributed by atoms with Gasteiger partial charge in [0.15, 0.2) is 0 Å². The number of benzene rings is 1. The van der Waals surface area contributed by atoms with Crippen LogP contribution < -0.4 is 11.1 Å². The van der Waals surface area contributed by atoms with Gasteiger partial charge in [-0.3, -0.25) is 4.79 Å². The highest BCUT2D eigenvalue weighted by molar-refractivity contribution is 5.93. The van der Waals surface area contributed by atoms with Crippen LogP contribution in [0.3, 0.4) is 0 Å². The van der Waals surface area contributed by atoms with Gasteiger partial charge >= 0.3 is 0 Å². The van der Waals surface area contributed by atoms with E-state index in [1.54, 1.807) is 0 Å². The Morgan fingerprint density at radius 3 is 2.89 bits per heavy atom. The maximum atomic E-state index is 12.9. The molecule has 1 aliphatic rings. The molecule has 1 fully saturated rings.